The minimum Gasteiger partial charge on any atom is -0.489 e. The molecule has 0 saturated heterocycles. The fraction of sp³-hybridized carbons (Fsp3) is 0.412. The third-order valence-corrected chi connectivity index (χ3v) is 7.59. The Balaban J connectivity index is 1.50. The zero-order chi connectivity index (χ0) is 27.9. The van der Waals surface area contributed by atoms with E-state index in [2.05, 4.69) is 86.0 Å². The molecule has 0 aliphatic carbocycles. The summed E-state index contributed by atoms with van der Waals surface area (Å²) in [5.74, 6) is 1.93. The van der Waals surface area contributed by atoms with Gasteiger partial charge in [-0.25, -0.2) is 0 Å². The first-order chi connectivity index (χ1) is 19.6. The third kappa shape index (κ3) is 6.33. The van der Waals surface area contributed by atoms with Crippen LogP contribution < -0.4 is 19.3 Å². The van der Waals surface area contributed by atoms with Gasteiger partial charge in [0.1, 0.15) is 18.2 Å². The fourth-order valence-corrected chi connectivity index (χ4v) is 5.38. The molecule has 3 aromatic carbocycles. The number of aromatic nitrogens is 2. The van der Waals surface area contributed by atoms with Crippen LogP contribution in [0.1, 0.15) is 63.8 Å². The van der Waals surface area contributed by atoms with E-state index in [4.69, 9.17) is 19.4 Å². The van der Waals surface area contributed by atoms with Gasteiger partial charge in [0.25, 0.3) is 0 Å². The van der Waals surface area contributed by atoms with Crippen molar-refractivity contribution in [3.63, 3.8) is 0 Å². The van der Waals surface area contributed by atoms with Gasteiger partial charge in [0, 0.05) is 42.3 Å². The molecular formula is C34H42N4O2. The van der Waals surface area contributed by atoms with Gasteiger partial charge in [-0.2, -0.15) is 9.97 Å². The van der Waals surface area contributed by atoms with E-state index in [1.165, 1.54) is 22.0 Å². The van der Waals surface area contributed by atoms with Crippen molar-refractivity contribution >= 4 is 22.3 Å². The minimum absolute atomic E-state index is 0.0683. The molecular weight excluding hydrogens is 496 g/mol. The SMILES string of the molecule is CCCN(CCC)c1nc(O[C@H](C)CC)nc2c1CCN(c1cc(OCc3ccccc3)cc3ccccc13)C2. The van der Waals surface area contributed by atoms with E-state index in [0.29, 0.717) is 19.2 Å². The molecule has 0 spiro atoms. The van der Waals surface area contributed by atoms with Gasteiger partial charge in [0.2, 0.25) is 0 Å². The van der Waals surface area contributed by atoms with Gasteiger partial charge < -0.3 is 19.3 Å². The number of hydrogen-bond donors (Lipinski definition) is 0. The Morgan fingerprint density at radius 1 is 0.925 bits per heavy atom. The largest absolute Gasteiger partial charge is 0.489 e. The second-order valence-electron chi connectivity index (χ2n) is 10.7. The highest BCUT2D eigenvalue weighted by Crippen LogP contribution is 2.37. The van der Waals surface area contributed by atoms with E-state index < -0.39 is 0 Å². The highest BCUT2D eigenvalue weighted by atomic mass is 16.5. The summed E-state index contributed by atoms with van der Waals surface area (Å²) in [6.45, 7) is 12.8. The zero-order valence-corrected chi connectivity index (χ0v) is 24.4. The van der Waals surface area contributed by atoms with Crippen LogP contribution >= 0.6 is 0 Å². The van der Waals surface area contributed by atoms with Crippen LogP contribution in [0.25, 0.3) is 10.8 Å². The second kappa shape index (κ2) is 13.0. The molecule has 6 nitrogen and oxygen atoms in total. The molecule has 0 radical (unpaired) electrons. The smallest absolute Gasteiger partial charge is 0.318 e. The van der Waals surface area contributed by atoms with Gasteiger partial charge in [-0.1, -0.05) is 75.4 Å². The van der Waals surface area contributed by atoms with Crippen molar-refractivity contribution in [2.75, 3.05) is 29.4 Å². The molecule has 2 heterocycles. The minimum atomic E-state index is 0.0683. The molecule has 5 rings (SSSR count). The fourth-order valence-electron chi connectivity index (χ4n) is 5.38. The molecule has 0 bridgehead atoms. The first-order valence-corrected chi connectivity index (χ1v) is 14.8. The van der Waals surface area contributed by atoms with Crippen LogP contribution in [0.4, 0.5) is 11.5 Å². The Kier molecular flexibility index (Phi) is 9.04. The molecule has 6 heteroatoms. The van der Waals surface area contributed by atoms with Crippen LogP contribution in [0.15, 0.2) is 66.7 Å². The van der Waals surface area contributed by atoms with E-state index in [-0.39, 0.29) is 6.10 Å². The highest BCUT2D eigenvalue weighted by Gasteiger charge is 2.27. The molecule has 0 fully saturated rings. The number of nitrogens with zero attached hydrogens (tertiary/aromatic N) is 4. The maximum absolute atomic E-state index is 6.30. The van der Waals surface area contributed by atoms with Crippen LogP contribution in [-0.2, 0) is 19.6 Å². The molecule has 1 aliphatic rings. The molecule has 4 aromatic rings. The second-order valence-corrected chi connectivity index (χ2v) is 10.7. The maximum atomic E-state index is 6.30. The summed E-state index contributed by atoms with van der Waals surface area (Å²) in [6, 6.07) is 23.7. The molecule has 1 aromatic heterocycles. The Hall–Kier alpha value is -3.80. The molecule has 210 valence electrons. The van der Waals surface area contributed by atoms with Crippen LogP contribution in [-0.4, -0.2) is 35.7 Å². The summed E-state index contributed by atoms with van der Waals surface area (Å²) in [5.41, 5.74) is 4.66. The molecule has 0 saturated carbocycles. The van der Waals surface area contributed by atoms with E-state index >= 15 is 0 Å². The molecule has 0 unspecified atom stereocenters. The third-order valence-electron chi connectivity index (χ3n) is 7.59. The van der Waals surface area contributed by atoms with Crippen LogP contribution in [0, 0.1) is 0 Å². The van der Waals surface area contributed by atoms with Gasteiger partial charge in [-0.3, -0.25) is 0 Å². The van der Waals surface area contributed by atoms with E-state index in [1.54, 1.807) is 0 Å². The summed E-state index contributed by atoms with van der Waals surface area (Å²) < 4.78 is 12.5. The lowest BCUT2D eigenvalue weighted by Gasteiger charge is -2.34. The summed E-state index contributed by atoms with van der Waals surface area (Å²) in [4.78, 5) is 14.8. The van der Waals surface area contributed by atoms with Gasteiger partial charge in [-0.15, -0.1) is 0 Å². The van der Waals surface area contributed by atoms with Crippen molar-refractivity contribution in [1.82, 2.24) is 9.97 Å². The summed E-state index contributed by atoms with van der Waals surface area (Å²) in [6.07, 6.45) is 4.03. The molecule has 1 aliphatic heterocycles. The number of fused-ring (bicyclic) bond motifs is 2. The average molecular weight is 539 g/mol. The number of rotatable bonds is 12. The summed E-state index contributed by atoms with van der Waals surface area (Å²) in [5, 5.41) is 2.40. The number of ether oxygens (including phenoxy) is 2. The monoisotopic (exact) mass is 538 g/mol. The number of hydrogen-bond acceptors (Lipinski definition) is 6. The van der Waals surface area contributed by atoms with Gasteiger partial charge >= 0.3 is 6.01 Å². The van der Waals surface area contributed by atoms with E-state index in [1.807, 2.05) is 18.2 Å². The van der Waals surface area contributed by atoms with Crippen molar-refractivity contribution < 1.29 is 9.47 Å². The average Bonchev–Trinajstić information content (AvgIpc) is 2.99. The lowest BCUT2D eigenvalue weighted by atomic mass is 10.0. The quantitative estimate of drug-likeness (QED) is 0.185. The Bertz CT molecular complexity index is 1400. The van der Waals surface area contributed by atoms with E-state index in [9.17, 15) is 0 Å². The molecule has 40 heavy (non-hydrogen) atoms. The van der Waals surface area contributed by atoms with Crippen LogP contribution in [0.2, 0.25) is 0 Å². The van der Waals surface area contributed by atoms with Crippen molar-refractivity contribution in [3.8, 4) is 11.8 Å². The van der Waals surface area contributed by atoms with E-state index in [0.717, 1.165) is 68.1 Å². The molecule has 0 N–H and O–H groups in total. The van der Waals surface area contributed by atoms with Crippen molar-refractivity contribution in [1.29, 1.82) is 0 Å². The number of benzene rings is 3. The van der Waals surface area contributed by atoms with Gasteiger partial charge in [0.15, 0.2) is 0 Å². The normalized spacial score (nSPS) is 13.7. The lowest BCUT2D eigenvalue weighted by molar-refractivity contribution is 0.198. The summed E-state index contributed by atoms with van der Waals surface area (Å²) in [7, 11) is 0. The van der Waals surface area contributed by atoms with Crippen LogP contribution in [0.5, 0.6) is 11.8 Å². The Morgan fingerprint density at radius 2 is 1.68 bits per heavy atom. The van der Waals surface area contributed by atoms with Crippen molar-refractivity contribution in [2.24, 2.45) is 0 Å². The highest BCUT2D eigenvalue weighted by molar-refractivity contribution is 5.95. The first kappa shape index (κ1) is 27.8. The topological polar surface area (TPSA) is 50.7 Å². The van der Waals surface area contributed by atoms with Gasteiger partial charge in [0.05, 0.1) is 18.3 Å². The Labute approximate surface area is 239 Å². The van der Waals surface area contributed by atoms with Crippen molar-refractivity contribution in [2.45, 2.75) is 72.6 Å². The Morgan fingerprint density at radius 3 is 2.42 bits per heavy atom. The predicted octanol–water partition coefficient (Wildman–Crippen LogP) is 7.58. The predicted molar refractivity (Wildman–Crippen MR) is 165 cm³/mol. The zero-order valence-electron chi connectivity index (χ0n) is 24.4. The molecule has 0 amide bonds. The lowest BCUT2D eigenvalue weighted by Crippen LogP contribution is -2.35. The standard InChI is InChI=1S/C34H42N4O2/c1-5-18-37(19-6-2)33-30-17-20-38(23-31(30)35-34(36-33)40-25(4)7-3)32-22-28(21-27-15-11-12-16-29(27)32)39-24-26-13-9-8-10-14-26/h8-16,21-22,25H,5-7,17-20,23-24H2,1-4H3/t25-/m1/s1. The molecule has 1 atom stereocenters. The summed E-state index contributed by atoms with van der Waals surface area (Å²) >= 11 is 0. The first-order valence-electron chi connectivity index (χ1n) is 14.8. The van der Waals surface area contributed by atoms with Crippen molar-refractivity contribution in [3.05, 3.63) is 83.6 Å². The van der Waals surface area contributed by atoms with Gasteiger partial charge in [-0.05, 0) is 49.6 Å². The number of anilines is 2. The van der Waals surface area contributed by atoms with Crippen LogP contribution in [0.3, 0.4) is 0 Å². The maximum Gasteiger partial charge on any atom is 0.318 e.